The third kappa shape index (κ3) is 6.16. The van der Waals surface area contributed by atoms with E-state index in [-0.39, 0.29) is 5.91 Å². The Hall–Kier alpha value is -0.430. The van der Waals surface area contributed by atoms with Crippen molar-refractivity contribution in [2.45, 2.75) is 13.0 Å². The predicted molar refractivity (Wildman–Crippen MR) is 73.2 cm³/mol. The number of carbonyl (C=O) groups is 1. The van der Waals surface area contributed by atoms with Gasteiger partial charge in [0.2, 0.25) is 5.91 Å². The lowest BCUT2D eigenvalue weighted by atomic mass is 10.4. The van der Waals surface area contributed by atoms with Gasteiger partial charge in [0.1, 0.15) is 0 Å². The number of carbonyl (C=O) groups excluding carboxylic acids is 1. The van der Waals surface area contributed by atoms with Gasteiger partial charge in [-0.25, -0.2) is 0 Å². The molecule has 1 heterocycles. The molecule has 0 radical (unpaired) electrons. The molecule has 0 atom stereocenters. The lowest BCUT2D eigenvalue weighted by Crippen LogP contribution is -2.34. The Morgan fingerprint density at radius 3 is 3.06 bits per heavy atom. The number of rotatable bonds is 8. The highest BCUT2D eigenvalue weighted by atomic mass is 79.9. The summed E-state index contributed by atoms with van der Waals surface area (Å²) in [6, 6.07) is 2.01. The van der Waals surface area contributed by atoms with Crippen molar-refractivity contribution in [1.29, 1.82) is 0 Å². The second kappa shape index (κ2) is 8.63. The van der Waals surface area contributed by atoms with Crippen LogP contribution in [0.4, 0.5) is 0 Å². The minimum absolute atomic E-state index is 0.0220. The SMILES string of the molecule is COCCCNC(=O)CNCc1sccc1Br. The second-order valence-corrected chi connectivity index (χ2v) is 5.35. The lowest BCUT2D eigenvalue weighted by molar-refractivity contribution is -0.120. The van der Waals surface area contributed by atoms with E-state index in [9.17, 15) is 4.79 Å². The van der Waals surface area contributed by atoms with E-state index in [1.807, 2.05) is 11.4 Å². The lowest BCUT2D eigenvalue weighted by Gasteiger charge is -2.06. The number of amides is 1. The van der Waals surface area contributed by atoms with Gasteiger partial charge in [0.05, 0.1) is 6.54 Å². The van der Waals surface area contributed by atoms with Crippen LogP contribution in [0.1, 0.15) is 11.3 Å². The molecule has 4 nitrogen and oxygen atoms in total. The van der Waals surface area contributed by atoms with E-state index in [4.69, 9.17) is 4.74 Å². The average molecular weight is 321 g/mol. The highest BCUT2D eigenvalue weighted by Gasteiger charge is 2.03. The Kier molecular flexibility index (Phi) is 7.43. The maximum Gasteiger partial charge on any atom is 0.233 e. The molecule has 96 valence electrons. The third-order valence-corrected chi connectivity index (χ3v) is 4.04. The van der Waals surface area contributed by atoms with Crippen LogP contribution in [0.2, 0.25) is 0 Å². The number of halogens is 1. The molecule has 0 aliphatic rings. The Morgan fingerprint density at radius 1 is 1.59 bits per heavy atom. The van der Waals surface area contributed by atoms with Crippen LogP contribution in [0.3, 0.4) is 0 Å². The summed E-state index contributed by atoms with van der Waals surface area (Å²) in [6.07, 6.45) is 0.846. The Labute approximate surface area is 114 Å². The van der Waals surface area contributed by atoms with Gasteiger partial charge in [-0.2, -0.15) is 0 Å². The number of hydrogen-bond donors (Lipinski definition) is 2. The van der Waals surface area contributed by atoms with E-state index in [1.165, 1.54) is 4.88 Å². The number of methoxy groups -OCH3 is 1. The van der Waals surface area contributed by atoms with Gasteiger partial charge >= 0.3 is 0 Å². The number of ether oxygens (including phenoxy) is 1. The van der Waals surface area contributed by atoms with Crippen molar-refractivity contribution in [3.05, 3.63) is 20.8 Å². The first-order chi connectivity index (χ1) is 8.24. The summed E-state index contributed by atoms with van der Waals surface area (Å²) < 4.78 is 5.99. The quantitative estimate of drug-likeness (QED) is 0.717. The Bertz CT molecular complexity index is 344. The molecular weight excluding hydrogens is 304 g/mol. The van der Waals surface area contributed by atoms with Crippen LogP contribution in [0, 0.1) is 0 Å². The van der Waals surface area contributed by atoms with E-state index >= 15 is 0 Å². The molecule has 2 N–H and O–H groups in total. The van der Waals surface area contributed by atoms with Gasteiger partial charge in [-0.15, -0.1) is 11.3 Å². The molecule has 0 fully saturated rings. The summed E-state index contributed by atoms with van der Waals surface area (Å²) in [5.74, 6) is 0.0220. The molecule has 0 bridgehead atoms. The van der Waals surface area contributed by atoms with Crippen molar-refractivity contribution in [2.75, 3.05) is 26.8 Å². The molecule has 6 heteroatoms. The Balaban J connectivity index is 2.06. The van der Waals surface area contributed by atoms with Crippen molar-refractivity contribution in [2.24, 2.45) is 0 Å². The number of thiophene rings is 1. The first-order valence-corrected chi connectivity index (χ1v) is 7.09. The van der Waals surface area contributed by atoms with Gasteiger partial charge in [-0.05, 0) is 33.8 Å². The molecular formula is C11H17BrN2O2S. The van der Waals surface area contributed by atoms with Crippen molar-refractivity contribution < 1.29 is 9.53 Å². The Morgan fingerprint density at radius 2 is 2.41 bits per heavy atom. The summed E-state index contributed by atoms with van der Waals surface area (Å²) in [5.41, 5.74) is 0. The van der Waals surface area contributed by atoms with Crippen molar-refractivity contribution in [3.8, 4) is 0 Å². The molecule has 1 aromatic rings. The van der Waals surface area contributed by atoms with E-state index in [0.29, 0.717) is 26.2 Å². The van der Waals surface area contributed by atoms with E-state index in [0.717, 1.165) is 10.9 Å². The molecule has 0 aliphatic heterocycles. The van der Waals surface area contributed by atoms with Gasteiger partial charge in [-0.3, -0.25) is 4.79 Å². The summed E-state index contributed by atoms with van der Waals surface area (Å²) in [4.78, 5) is 12.6. The van der Waals surface area contributed by atoms with Crippen LogP contribution in [0.15, 0.2) is 15.9 Å². The predicted octanol–water partition coefficient (Wildman–Crippen LogP) is 1.75. The second-order valence-electron chi connectivity index (χ2n) is 3.49. The smallest absolute Gasteiger partial charge is 0.233 e. The zero-order valence-electron chi connectivity index (χ0n) is 9.79. The monoisotopic (exact) mass is 320 g/mol. The molecule has 0 aromatic carbocycles. The normalized spacial score (nSPS) is 10.5. The molecule has 0 aliphatic carbocycles. The minimum Gasteiger partial charge on any atom is -0.385 e. The van der Waals surface area contributed by atoms with Crippen LogP contribution in [-0.4, -0.2) is 32.7 Å². The van der Waals surface area contributed by atoms with Crippen molar-refractivity contribution in [3.63, 3.8) is 0 Å². The first-order valence-electron chi connectivity index (χ1n) is 5.42. The molecule has 1 amide bonds. The zero-order valence-corrected chi connectivity index (χ0v) is 12.2. The van der Waals surface area contributed by atoms with E-state index in [1.54, 1.807) is 18.4 Å². The third-order valence-electron chi connectivity index (χ3n) is 2.11. The number of nitrogens with one attached hydrogen (secondary N) is 2. The van der Waals surface area contributed by atoms with Crippen LogP contribution in [-0.2, 0) is 16.1 Å². The van der Waals surface area contributed by atoms with Crippen LogP contribution in [0.5, 0.6) is 0 Å². The molecule has 0 unspecified atom stereocenters. The van der Waals surface area contributed by atoms with Crippen LogP contribution < -0.4 is 10.6 Å². The van der Waals surface area contributed by atoms with E-state index in [2.05, 4.69) is 26.6 Å². The van der Waals surface area contributed by atoms with Gasteiger partial charge in [-0.1, -0.05) is 0 Å². The molecule has 0 spiro atoms. The molecule has 0 saturated carbocycles. The minimum atomic E-state index is 0.0220. The summed E-state index contributed by atoms with van der Waals surface area (Å²) in [7, 11) is 1.66. The number of hydrogen-bond acceptors (Lipinski definition) is 4. The first kappa shape index (κ1) is 14.6. The fraction of sp³-hybridized carbons (Fsp3) is 0.545. The maximum absolute atomic E-state index is 11.4. The molecule has 1 rings (SSSR count). The zero-order chi connectivity index (χ0) is 12.5. The highest BCUT2D eigenvalue weighted by Crippen LogP contribution is 2.21. The maximum atomic E-state index is 11.4. The summed E-state index contributed by atoms with van der Waals surface area (Å²) in [5, 5.41) is 7.95. The molecule has 17 heavy (non-hydrogen) atoms. The van der Waals surface area contributed by atoms with Crippen molar-refractivity contribution in [1.82, 2.24) is 10.6 Å². The largest absolute Gasteiger partial charge is 0.385 e. The van der Waals surface area contributed by atoms with Gasteiger partial charge in [0.25, 0.3) is 0 Å². The summed E-state index contributed by atoms with van der Waals surface area (Å²) in [6.45, 7) is 2.40. The summed E-state index contributed by atoms with van der Waals surface area (Å²) >= 11 is 5.12. The topological polar surface area (TPSA) is 50.4 Å². The molecule has 1 aromatic heterocycles. The fourth-order valence-corrected chi connectivity index (χ4v) is 2.71. The van der Waals surface area contributed by atoms with Crippen LogP contribution in [0.25, 0.3) is 0 Å². The average Bonchev–Trinajstić information content (AvgIpc) is 2.71. The van der Waals surface area contributed by atoms with Crippen molar-refractivity contribution >= 4 is 33.2 Å². The van der Waals surface area contributed by atoms with Gasteiger partial charge in [0, 0.05) is 36.2 Å². The molecule has 0 saturated heterocycles. The van der Waals surface area contributed by atoms with E-state index < -0.39 is 0 Å². The highest BCUT2D eigenvalue weighted by molar-refractivity contribution is 9.10. The fourth-order valence-electron chi connectivity index (χ4n) is 1.25. The van der Waals surface area contributed by atoms with Gasteiger partial charge in [0.15, 0.2) is 0 Å². The standard InChI is InChI=1S/C11H17BrN2O2S/c1-16-5-2-4-14-11(15)8-13-7-10-9(12)3-6-17-10/h3,6,13H,2,4-5,7-8H2,1H3,(H,14,15). The van der Waals surface area contributed by atoms with Crippen LogP contribution >= 0.6 is 27.3 Å². The van der Waals surface area contributed by atoms with Gasteiger partial charge < -0.3 is 15.4 Å².